The van der Waals surface area contributed by atoms with Gasteiger partial charge >= 0.3 is 0 Å². The van der Waals surface area contributed by atoms with E-state index in [4.69, 9.17) is 5.14 Å². The Kier molecular flexibility index (Phi) is 4.49. The van der Waals surface area contributed by atoms with Gasteiger partial charge in [0.15, 0.2) is 0 Å². The van der Waals surface area contributed by atoms with Crippen molar-refractivity contribution in [1.82, 2.24) is 9.78 Å². The predicted molar refractivity (Wildman–Crippen MR) is 83.1 cm³/mol. The number of aromatic nitrogens is 2. The topological polar surface area (TPSA) is 102 Å². The highest BCUT2D eigenvalue weighted by molar-refractivity contribution is 7.90. The summed E-state index contributed by atoms with van der Waals surface area (Å²) >= 11 is 0. The number of anilines is 2. The standard InChI is InChI=1S/C13H19N5O2S/c1-10(2)18-9-11(8-16-18)7-15-12-4-3-5-13(6-12)17-21(14,19)20/h3-6,8-10,15,17H,7H2,1-2H3,(H2,14,19,20). The van der Waals surface area contributed by atoms with Crippen LogP contribution in [0, 0.1) is 0 Å². The Balaban J connectivity index is 2.01. The van der Waals surface area contributed by atoms with Gasteiger partial charge in [-0.15, -0.1) is 0 Å². The largest absolute Gasteiger partial charge is 0.381 e. The van der Waals surface area contributed by atoms with Crippen LogP contribution in [0.25, 0.3) is 0 Å². The van der Waals surface area contributed by atoms with Crippen LogP contribution < -0.4 is 15.2 Å². The maximum absolute atomic E-state index is 11.0. The molecule has 2 aromatic rings. The Labute approximate surface area is 124 Å². The molecule has 0 amide bonds. The van der Waals surface area contributed by atoms with Gasteiger partial charge in [0, 0.05) is 30.0 Å². The first-order chi connectivity index (χ1) is 9.83. The lowest BCUT2D eigenvalue weighted by atomic mass is 10.2. The smallest absolute Gasteiger partial charge is 0.296 e. The van der Waals surface area contributed by atoms with Crippen molar-refractivity contribution in [3.05, 3.63) is 42.2 Å². The molecule has 0 bridgehead atoms. The summed E-state index contributed by atoms with van der Waals surface area (Å²) in [5, 5.41) is 12.4. The summed E-state index contributed by atoms with van der Waals surface area (Å²) in [6.45, 7) is 4.73. The minimum Gasteiger partial charge on any atom is -0.381 e. The summed E-state index contributed by atoms with van der Waals surface area (Å²) in [7, 11) is -3.76. The van der Waals surface area contributed by atoms with Crippen LogP contribution in [0.15, 0.2) is 36.7 Å². The van der Waals surface area contributed by atoms with Gasteiger partial charge in [-0.3, -0.25) is 9.40 Å². The quantitative estimate of drug-likeness (QED) is 0.755. The van der Waals surface area contributed by atoms with E-state index < -0.39 is 10.2 Å². The highest BCUT2D eigenvalue weighted by Gasteiger charge is 2.04. The zero-order valence-corrected chi connectivity index (χ0v) is 12.8. The molecular weight excluding hydrogens is 290 g/mol. The van der Waals surface area contributed by atoms with Crippen molar-refractivity contribution in [1.29, 1.82) is 0 Å². The fraction of sp³-hybridized carbons (Fsp3) is 0.308. The van der Waals surface area contributed by atoms with E-state index in [0.717, 1.165) is 11.3 Å². The van der Waals surface area contributed by atoms with Gasteiger partial charge in [-0.25, -0.2) is 5.14 Å². The molecule has 0 spiro atoms. The maximum Gasteiger partial charge on any atom is 0.296 e. The van der Waals surface area contributed by atoms with Gasteiger partial charge in [0.2, 0.25) is 0 Å². The summed E-state index contributed by atoms with van der Waals surface area (Å²) in [6.07, 6.45) is 3.78. The van der Waals surface area contributed by atoms with E-state index in [1.54, 1.807) is 24.4 Å². The molecule has 7 nitrogen and oxygen atoms in total. The number of hydrogen-bond donors (Lipinski definition) is 3. The van der Waals surface area contributed by atoms with Gasteiger partial charge in [0.1, 0.15) is 0 Å². The normalized spacial score (nSPS) is 11.6. The third-order valence-electron chi connectivity index (χ3n) is 2.80. The van der Waals surface area contributed by atoms with Gasteiger partial charge in [-0.2, -0.15) is 13.5 Å². The second-order valence-corrected chi connectivity index (χ2v) is 6.30. The molecular formula is C13H19N5O2S. The van der Waals surface area contributed by atoms with E-state index in [1.807, 2.05) is 16.9 Å². The first-order valence-electron chi connectivity index (χ1n) is 6.51. The van der Waals surface area contributed by atoms with E-state index in [0.29, 0.717) is 18.3 Å². The van der Waals surface area contributed by atoms with Crippen molar-refractivity contribution < 1.29 is 8.42 Å². The second-order valence-electron chi connectivity index (χ2n) is 5.00. The van der Waals surface area contributed by atoms with Gasteiger partial charge in [0.05, 0.1) is 11.9 Å². The summed E-state index contributed by atoms with van der Waals surface area (Å²) in [5.74, 6) is 0. The molecule has 0 aliphatic heterocycles. The fourth-order valence-electron chi connectivity index (χ4n) is 1.81. The number of nitrogens with one attached hydrogen (secondary N) is 2. The first kappa shape index (κ1) is 15.3. The van der Waals surface area contributed by atoms with Gasteiger partial charge < -0.3 is 5.32 Å². The number of benzene rings is 1. The Morgan fingerprint density at radius 1 is 1.33 bits per heavy atom. The molecule has 4 N–H and O–H groups in total. The van der Waals surface area contributed by atoms with Crippen LogP contribution in [-0.4, -0.2) is 18.2 Å². The highest BCUT2D eigenvalue weighted by atomic mass is 32.2. The molecule has 0 unspecified atom stereocenters. The van der Waals surface area contributed by atoms with E-state index in [2.05, 4.69) is 29.0 Å². The van der Waals surface area contributed by atoms with Crippen molar-refractivity contribution in [2.24, 2.45) is 5.14 Å². The van der Waals surface area contributed by atoms with Gasteiger partial charge in [0.25, 0.3) is 10.2 Å². The van der Waals surface area contributed by atoms with E-state index >= 15 is 0 Å². The van der Waals surface area contributed by atoms with Crippen LogP contribution in [0.2, 0.25) is 0 Å². The molecule has 1 aromatic heterocycles. The summed E-state index contributed by atoms with van der Waals surface area (Å²) < 4.78 is 26.1. The van der Waals surface area contributed by atoms with Crippen LogP contribution in [-0.2, 0) is 16.8 Å². The monoisotopic (exact) mass is 309 g/mol. The molecule has 21 heavy (non-hydrogen) atoms. The molecule has 0 radical (unpaired) electrons. The number of nitrogens with two attached hydrogens (primary N) is 1. The Morgan fingerprint density at radius 2 is 2.05 bits per heavy atom. The molecule has 8 heteroatoms. The van der Waals surface area contributed by atoms with Crippen molar-refractivity contribution in [2.75, 3.05) is 10.0 Å². The summed E-state index contributed by atoms with van der Waals surface area (Å²) in [5.41, 5.74) is 2.26. The lowest BCUT2D eigenvalue weighted by molar-refractivity contribution is 0.532. The summed E-state index contributed by atoms with van der Waals surface area (Å²) in [4.78, 5) is 0. The minimum absolute atomic E-state index is 0.320. The summed E-state index contributed by atoms with van der Waals surface area (Å²) in [6, 6.07) is 7.22. The minimum atomic E-state index is -3.76. The molecule has 2 rings (SSSR count). The molecule has 0 fully saturated rings. The highest BCUT2D eigenvalue weighted by Crippen LogP contribution is 2.16. The Morgan fingerprint density at radius 3 is 2.67 bits per heavy atom. The third-order valence-corrected chi connectivity index (χ3v) is 3.32. The molecule has 1 aromatic carbocycles. The Hall–Kier alpha value is -2.06. The van der Waals surface area contributed by atoms with E-state index in [9.17, 15) is 8.42 Å². The lowest BCUT2D eigenvalue weighted by Crippen LogP contribution is -2.21. The van der Waals surface area contributed by atoms with E-state index in [-0.39, 0.29) is 0 Å². The number of rotatable bonds is 6. The maximum atomic E-state index is 11.0. The second kappa shape index (κ2) is 6.15. The van der Waals surface area contributed by atoms with Gasteiger partial charge in [-0.05, 0) is 32.0 Å². The van der Waals surface area contributed by atoms with Crippen molar-refractivity contribution >= 4 is 21.6 Å². The third kappa shape index (κ3) is 4.76. The van der Waals surface area contributed by atoms with Crippen LogP contribution in [0.3, 0.4) is 0 Å². The molecule has 114 valence electrons. The number of nitrogens with zero attached hydrogens (tertiary/aromatic N) is 2. The SMILES string of the molecule is CC(C)n1cc(CNc2cccc(NS(N)(=O)=O)c2)cn1. The average Bonchev–Trinajstić information content (AvgIpc) is 2.83. The van der Waals surface area contributed by atoms with Crippen LogP contribution >= 0.6 is 0 Å². The number of hydrogen-bond acceptors (Lipinski definition) is 4. The van der Waals surface area contributed by atoms with Crippen LogP contribution in [0.1, 0.15) is 25.5 Å². The Bertz CT molecular complexity index is 709. The molecule has 1 heterocycles. The van der Waals surface area contributed by atoms with Crippen LogP contribution in [0.4, 0.5) is 11.4 Å². The molecule has 0 saturated carbocycles. The van der Waals surface area contributed by atoms with E-state index in [1.165, 1.54) is 0 Å². The first-order valence-corrected chi connectivity index (χ1v) is 8.05. The average molecular weight is 309 g/mol. The van der Waals surface area contributed by atoms with Crippen molar-refractivity contribution in [3.8, 4) is 0 Å². The predicted octanol–water partition coefficient (Wildman–Crippen LogP) is 1.69. The van der Waals surface area contributed by atoms with Gasteiger partial charge in [-0.1, -0.05) is 6.07 Å². The molecule has 0 saturated heterocycles. The molecule has 0 aliphatic carbocycles. The molecule has 0 aliphatic rings. The fourth-order valence-corrected chi connectivity index (χ4v) is 2.27. The zero-order valence-electron chi connectivity index (χ0n) is 11.9. The van der Waals surface area contributed by atoms with Crippen LogP contribution in [0.5, 0.6) is 0 Å². The van der Waals surface area contributed by atoms with Crippen molar-refractivity contribution in [2.45, 2.75) is 26.4 Å². The van der Waals surface area contributed by atoms with Crippen molar-refractivity contribution in [3.63, 3.8) is 0 Å². The zero-order chi connectivity index (χ0) is 15.5. The lowest BCUT2D eigenvalue weighted by Gasteiger charge is -2.08. The molecule has 0 atom stereocenters.